The van der Waals surface area contributed by atoms with E-state index >= 15 is 0 Å². The number of hydrogen-bond acceptors (Lipinski definition) is 6. The molecule has 1 aliphatic heterocycles. The highest BCUT2D eigenvalue weighted by atomic mass is 16.5. The molecule has 0 aliphatic carbocycles. The maximum atomic E-state index is 12.2. The fourth-order valence-corrected chi connectivity index (χ4v) is 3.43. The summed E-state index contributed by atoms with van der Waals surface area (Å²) in [5.74, 6) is 0.402. The minimum Gasteiger partial charge on any atom is -0.480 e. The van der Waals surface area contributed by atoms with E-state index in [1.165, 1.54) is 6.08 Å². The number of ether oxygens (including phenoxy) is 1. The zero-order valence-electron chi connectivity index (χ0n) is 18.6. The first-order valence-corrected chi connectivity index (χ1v) is 10.8. The normalized spacial score (nSPS) is 15.3. The number of aliphatic carboxylic acids is 1. The van der Waals surface area contributed by atoms with Gasteiger partial charge in [-0.15, -0.1) is 0 Å². The highest BCUT2D eigenvalue weighted by Gasteiger charge is 2.23. The zero-order valence-corrected chi connectivity index (χ0v) is 18.6. The summed E-state index contributed by atoms with van der Waals surface area (Å²) in [7, 11) is 0. The molecule has 8 nitrogen and oxygen atoms in total. The third kappa shape index (κ3) is 6.07. The molecule has 0 saturated carbocycles. The van der Waals surface area contributed by atoms with Crippen LogP contribution in [0.1, 0.15) is 23.2 Å². The van der Waals surface area contributed by atoms with Crippen molar-refractivity contribution in [3.05, 3.63) is 89.8 Å². The largest absolute Gasteiger partial charge is 0.480 e. The van der Waals surface area contributed by atoms with Crippen LogP contribution in [0.2, 0.25) is 0 Å². The van der Waals surface area contributed by atoms with Crippen LogP contribution in [0.4, 0.5) is 5.69 Å². The fraction of sp³-hybridized carbons (Fsp3) is 0.154. The van der Waals surface area contributed by atoms with Crippen LogP contribution in [0.15, 0.2) is 77.9 Å². The second-order valence-electron chi connectivity index (χ2n) is 7.80. The van der Waals surface area contributed by atoms with Gasteiger partial charge in [-0.05, 0) is 60.9 Å². The van der Waals surface area contributed by atoms with Crippen LogP contribution in [0.25, 0.3) is 6.08 Å². The first-order valence-electron chi connectivity index (χ1n) is 10.8. The second kappa shape index (κ2) is 10.4. The van der Waals surface area contributed by atoms with Gasteiger partial charge in [-0.3, -0.25) is 14.8 Å². The van der Waals surface area contributed by atoms with Crippen LogP contribution in [0, 0.1) is 6.92 Å². The van der Waals surface area contributed by atoms with Crippen molar-refractivity contribution >= 4 is 29.5 Å². The average molecular weight is 457 g/mol. The van der Waals surface area contributed by atoms with Crippen LogP contribution in [-0.4, -0.2) is 40.4 Å². The number of nitrogens with one attached hydrogen (secondary N) is 2. The SMILES string of the molecule is Cc1cccc(NC(=O)/C=C/c2cccc(Oc3ccnc(C4=NCCC(C(=O)O)N4)c3)c2)c1. The van der Waals surface area contributed by atoms with Crippen molar-refractivity contribution in [3.63, 3.8) is 0 Å². The monoisotopic (exact) mass is 456 g/mol. The quantitative estimate of drug-likeness (QED) is 0.463. The summed E-state index contributed by atoms with van der Waals surface area (Å²) >= 11 is 0. The van der Waals surface area contributed by atoms with E-state index in [9.17, 15) is 14.7 Å². The summed E-state index contributed by atoms with van der Waals surface area (Å²) in [4.78, 5) is 32.1. The van der Waals surface area contributed by atoms with E-state index in [-0.39, 0.29) is 5.91 Å². The van der Waals surface area contributed by atoms with E-state index < -0.39 is 12.0 Å². The molecule has 0 spiro atoms. The van der Waals surface area contributed by atoms with Crippen molar-refractivity contribution in [2.45, 2.75) is 19.4 Å². The van der Waals surface area contributed by atoms with Crippen LogP contribution >= 0.6 is 0 Å². The number of carboxylic acids is 1. The first-order chi connectivity index (χ1) is 16.5. The predicted octanol–water partition coefficient (Wildman–Crippen LogP) is 4.03. The molecule has 0 saturated heterocycles. The van der Waals surface area contributed by atoms with Crippen LogP contribution in [0.3, 0.4) is 0 Å². The molecule has 3 aromatic rings. The molecule has 1 aromatic heterocycles. The van der Waals surface area contributed by atoms with E-state index in [1.54, 1.807) is 30.5 Å². The lowest BCUT2D eigenvalue weighted by Gasteiger charge is -2.21. The Morgan fingerprint density at radius 3 is 2.76 bits per heavy atom. The Bertz CT molecular complexity index is 1270. The molecule has 1 atom stereocenters. The van der Waals surface area contributed by atoms with Gasteiger partial charge in [0.1, 0.15) is 29.1 Å². The number of carbonyl (C=O) groups is 2. The number of pyridine rings is 1. The number of anilines is 1. The third-order valence-electron chi connectivity index (χ3n) is 5.08. The number of aliphatic imine (C=N–C) groups is 1. The number of carbonyl (C=O) groups excluding carboxylic acids is 1. The van der Waals surface area contributed by atoms with Gasteiger partial charge >= 0.3 is 5.97 Å². The number of amidine groups is 1. The van der Waals surface area contributed by atoms with Gasteiger partial charge in [-0.2, -0.15) is 0 Å². The summed E-state index contributed by atoms with van der Waals surface area (Å²) in [6.07, 6.45) is 5.19. The lowest BCUT2D eigenvalue weighted by molar-refractivity contribution is -0.139. The summed E-state index contributed by atoms with van der Waals surface area (Å²) in [5.41, 5.74) is 3.12. The molecule has 1 aliphatic rings. The van der Waals surface area contributed by atoms with Gasteiger partial charge in [0.2, 0.25) is 5.91 Å². The standard InChI is InChI=1S/C26H24N4O4/c1-17-4-2-6-19(14-17)29-24(31)9-8-18-5-3-7-20(15-18)34-21-10-12-27-23(16-21)25-28-13-11-22(30-25)26(32)33/h2-10,12,14-16,22H,11,13H2,1H3,(H,28,30)(H,29,31)(H,32,33)/b9-8+. The molecule has 1 amide bonds. The van der Waals surface area contributed by atoms with Gasteiger partial charge in [-0.25, -0.2) is 4.79 Å². The molecule has 34 heavy (non-hydrogen) atoms. The molecule has 4 rings (SSSR count). The first kappa shape index (κ1) is 22.7. The molecule has 2 aromatic carbocycles. The summed E-state index contributed by atoms with van der Waals surface area (Å²) in [6.45, 7) is 2.38. The van der Waals surface area contributed by atoms with E-state index in [0.717, 1.165) is 16.8 Å². The Balaban J connectivity index is 1.42. The molecule has 172 valence electrons. The Morgan fingerprint density at radius 2 is 1.94 bits per heavy atom. The molecule has 1 unspecified atom stereocenters. The number of rotatable bonds is 7. The maximum absolute atomic E-state index is 12.2. The molecule has 8 heteroatoms. The van der Waals surface area contributed by atoms with E-state index in [4.69, 9.17) is 4.74 Å². The number of benzene rings is 2. The Labute approximate surface area is 197 Å². The highest BCUT2D eigenvalue weighted by Crippen LogP contribution is 2.23. The number of aryl methyl sites for hydroxylation is 1. The van der Waals surface area contributed by atoms with E-state index in [1.807, 2.05) is 49.4 Å². The summed E-state index contributed by atoms with van der Waals surface area (Å²) in [6, 6.07) is 17.6. The van der Waals surface area contributed by atoms with Gasteiger partial charge in [0, 0.05) is 30.6 Å². The lowest BCUT2D eigenvalue weighted by Crippen LogP contribution is -2.44. The molecular formula is C26H24N4O4. The highest BCUT2D eigenvalue weighted by molar-refractivity contribution is 6.02. The Morgan fingerprint density at radius 1 is 1.12 bits per heavy atom. The van der Waals surface area contributed by atoms with E-state index in [2.05, 4.69) is 20.6 Å². The van der Waals surface area contributed by atoms with Gasteiger partial charge in [0.05, 0.1) is 0 Å². The number of nitrogens with zero attached hydrogens (tertiary/aromatic N) is 2. The molecule has 0 radical (unpaired) electrons. The van der Waals surface area contributed by atoms with Gasteiger partial charge in [0.25, 0.3) is 0 Å². The van der Waals surface area contributed by atoms with Gasteiger partial charge < -0.3 is 20.5 Å². The Kier molecular flexibility index (Phi) is 6.98. The number of amides is 1. The van der Waals surface area contributed by atoms with Crippen molar-refractivity contribution in [2.75, 3.05) is 11.9 Å². The van der Waals surface area contributed by atoms with Crippen LogP contribution < -0.4 is 15.4 Å². The summed E-state index contributed by atoms with van der Waals surface area (Å²) < 4.78 is 5.97. The van der Waals surface area contributed by atoms with Gasteiger partial charge in [0.15, 0.2) is 0 Å². The van der Waals surface area contributed by atoms with Crippen LogP contribution in [0.5, 0.6) is 11.5 Å². The average Bonchev–Trinajstić information content (AvgIpc) is 2.83. The van der Waals surface area contributed by atoms with Crippen molar-refractivity contribution in [1.29, 1.82) is 0 Å². The second-order valence-corrected chi connectivity index (χ2v) is 7.80. The smallest absolute Gasteiger partial charge is 0.326 e. The topological polar surface area (TPSA) is 113 Å². The van der Waals surface area contributed by atoms with Crippen molar-refractivity contribution < 1.29 is 19.4 Å². The minimum atomic E-state index is -0.919. The zero-order chi connectivity index (χ0) is 23.9. The number of hydrogen-bond donors (Lipinski definition) is 3. The minimum absolute atomic E-state index is 0.226. The lowest BCUT2D eigenvalue weighted by atomic mass is 10.1. The predicted molar refractivity (Wildman–Crippen MR) is 130 cm³/mol. The van der Waals surface area contributed by atoms with Crippen molar-refractivity contribution in [1.82, 2.24) is 10.3 Å². The summed E-state index contributed by atoms with van der Waals surface area (Å²) in [5, 5.41) is 15.0. The molecule has 0 bridgehead atoms. The molecular weight excluding hydrogens is 432 g/mol. The number of carboxylic acid groups (broad SMARTS) is 1. The fourth-order valence-electron chi connectivity index (χ4n) is 3.43. The molecule has 0 fully saturated rings. The van der Waals surface area contributed by atoms with Crippen molar-refractivity contribution in [3.8, 4) is 11.5 Å². The number of aromatic nitrogens is 1. The van der Waals surface area contributed by atoms with Crippen LogP contribution in [-0.2, 0) is 9.59 Å². The van der Waals surface area contributed by atoms with Gasteiger partial charge in [-0.1, -0.05) is 24.3 Å². The third-order valence-corrected chi connectivity index (χ3v) is 5.08. The molecule has 2 heterocycles. The van der Waals surface area contributed by atoms with E-state index in [0.29, 0.717) is 36.0 Å². The van der Waals surface area contributed by atoms with Crippen molar-refractivity contribution in [2.24, 2.45) is 4.99 Å². The molecule has 3 N–H and O–H groups in total. The maximum Gasteiger partial charge on any atom is 0.326 e. The Hall–Kier alpha value is -4.46.